The molecule has 0 heterocycles. The van der Waals surface area contributed by atoms with Crippen molar-refractivity contribution in [3.05, 3.63) is 33.8 Å². The summed E-state index contributed by atoms with van der Waals surface area (Å²) >= 11 is 11.8. The molecule has 0 radical (unpaired) electrons. The first-order chi connectivity index (χ1) is 7.11. The van der Waals surface area contributed by atoms with Gasteiger partial charge in [-0.1, -0.05) is 43.0 Å². The molecule has 1 unspecified atom stereocenters. The summed E-state index contributed by atoms with van der Waals surface area (Å²) in [6.45, 7) is 4.16. The number of hydrogen-bond acceptors (Lipinski definition) is 0. The van der Waals surface area contributed by atoms with Crippen LogP contribution in [0.2, 0.25) is 10.0 Å². The van der Waals surface area contributed by atoms with Crippen LogP contribution in [0.25, 0.3) is 0 Å². The summed E-state index contributed by atoms with van der Waals surface area (Å²) in [6.07, 6.45) is 1.80. The van der Waals surface area contributed by atoms with E-state index < -0.39 is 0 Å². The van der Waals surface area contributed by atoms with E-state index in [1.54, 1.807) is 6.07 Å². The molecule has 1 aromatic rings. The van der Waals surface area contributed by atoms with Gasteiger partial charge in [-0.05, 0) is 30.2 Å². The van der Waals surface area contributed by atoms with Crippen LogP contribution in [0.1, 0.15) is 25.8 Å². The van der Waals surface area contributed by atoms with E-state index in [1.165, 1.54) is 0 Å². The standard InChI is InChI=1S/C13H14Cl2/c1-3-4-5-10(2)6-11-7-12(14)9-13(15)8-11/h7-10H,3,6H2,1-2H3. The van der Waals surface area contributed by atoms with E-state index in [1.807, 2.05) is 12.1 Å². The zero-order valence-corrected chi connectivity index (χ0v) is 10.5. The van der Waals surface area contributed by atoms with E-state index in [0.717, 1.165) is 18.4 Å². The Balaban J connectivity index is 2.72. The van der Waals surface area contributed by atoms with Gasteiger partial charge < -0.3 is 0 Å². The van der Waals surface area contributed by atoms with Gasteiger partial charge in [-0.25, -0.2) is 0 Å². The molecule has 0 N–H and O–H groups in total. The highest BCUT2D eigenvalue weighted by Gasteiger charge is 2.02. The minimum atomic E-state index is 0.347. The van der Waals surface area contributed by atoms with Crippen LogP contribution in [0.5, 0.6) is 0 Å². The van der Waals surface area contributed by atoms with Crippen LogP contribution in [0.4, 0.5) is 0 Å². The first-order valence-corrected chi connectivity index (χ1v) is 5.80. The Kier molecular flexibility index (Phi) is 5.02. The average molecular weight is 241 g/mol. The zero-order chi connectivity index (χ0) is 11.3. The second-order valence-electron chi connectivity index (χ2n) is 3.56. The van der Waals surface area contributed by atoms with Gasteiger partial charge in [-0.3, -0.25) is 0 Å². The van der Waals surface area contributed by atoms with Crippen LogP contribution < -0.4 is 0 Å². The molecule has 1 rings (SSSR count). The van der Waals surface area contributed by atoms with Crippen LogP contribution in [0.15, 0.2) is 18.2 Å². The van der Waals surface area contributed by atoms with Crippen LogP contribution in [-0.2, 0) is 6.42 Å². The molecule has 0 aliphatic rings. The van der Waals surface area contributed by atoms with E-state index in [2.05, 4.69) is 25.7 Å². The van der Waals surface area contributed by atoms with Crippen molar-refractivity contribution in [2.45, 2.75) is 26.7 Å². The van der Waals surface area contributed by atoms with Crippen molar-refractivity contribution in [3.63, 3.8) is 0 Å². The molecule has 0 nitrogen and oxygen atoms in total. The number of halogens is 2. The fourth-order valence-corrected chi connectivity index (χ4v) is 1.98. The largest absolute Gasteiger partial charge is 0.103 e. The molecule has 0 saturated heterocycles. The summed E-state index contributed by atoms with van der Waals surface area (Å²) < 4.78 is 0. The summed E-state index contributed by atoms with van der Waals surface area (Å²) in [6, 6.07) is 5.63. The maximum absolute atomic E-state index is 5.92. The van der Waals surface area contributed by atoms with Crippen molar-refractivity contribution in [2.24, 2.45) is 5.92 Å². The van der Waals surface area contributed by atoms with E-state index in [9.17, 15) is 0 Å². The quantitative estimate of drug-likeness (QED) is 0.664. The monoisotopic (exact) mass is 240 g/mol. The average Bonchev–Trinajstić information content (AvgIpc) is 2.13. The van der Waals surface area contributed by atoms with E-state index in [-0.39, 0.29) is 0 Å². The van der Waals surface area contributed by atoms with Crippen molar-refractivity contribution in [1.82, 2.24) is 0 Å². The molecule has 15 heavy (non-hydrogen) atoms. The predicted octanol–water partition coefficient (Wildman–Crippen LogP) is 4.59. The topological polar surface area (TPSA) is 0 Å². The van der Waals surface area contributed by atoms with Gasteiger partial charge in [0.1, 0.15) is 0 Å². The van der Waals surface area contributed by atoms with Crippen molar-refractivity contribution in [3.8, 4) is 11.8 Å². The Morgan fingerprint density at radius 2 is 1.80 bits per heavy atom. The van der Waals surface area contributed by atoms with Crippen LogP contribution in [-0.4, -0.2) is 0 Å². The van der Waals surface area contributed by atoms with Crippen LogP contribution in [0, 0.1) is 17.8 Å². The minimum absolute atomic E-state index is 0.347. The fraction of sp³-hybridized carbons (Fsp3) is 0.385. The molecule has 2 heteroatoms. The predicted molar refractivity (Wildman–Crippen MR) is 67.4 cm³/mol. The van der Waals surface area contributed by atoms with Gasteiger partial charge in [-0.15, -0.1) is 5.92 Å². The van der Waals surface area contributed by atoms with Crippen molar-refractivity contribution >= 4 is 23.2 Å². The van der Waals surface area contributed by atoms with Gasteiger partial charge in [0, 0.05) is 22.4 Å². The summed E-state index contributed by atoms with van der Waals surface area (Å²) in [4.78, 5) is 0. The number of hydrogen-bond donors (Lipinski definition) is 0. The highest BCUT2D eigenvalue weighted by molar-refractivity contribution is 6.34. The van der Waals surface area contributed by atoms with Crippen molar-refractivity contribution < 1.29 is 0 Å². The molecule has 0 amide bonds. The highest BCUT2D eigenvalue weighted by Crippen LogP contribution is 2.20. The summed E-state index contributed by atoms with van der Waals surface area (Å²) in [5, 5.41) is 1.38. The molecule has 1 atom stereocenters. The lowest BCUT2D eigenvalue weighted by molar-refractivity contribution is 0.749. The molecule has 0 spiro atoms. The van der Waals surface area contributed by atoms with E-state index in [4.69, 9.17) is 23.2 Å². The second-order valence-corrected chi connectivity index (χ2v) is 4.43. The molecule has 0 saturated carbocycles. The van der Waals surface area contributed by atoms with Gasteiger partial charge in [-0.2, -0.15) is 0 Å². The third kappa shape index (κ3) is 4.60. The Morgan fingerprint density at radius 1 is 1.20 bits per heavy atom. The number of benzene rings is 1. The maximum Gasteiger partial charge on any atom is 0.0423 e. The van der Waals surface area contributed by atoms with Crippen LogP contribution in [0.3, 0.4) is 0 Å². The molecule has 0 fully saturated rings. The summed E-state index contributed by atoms with van der Waals surface area (Å²) in [5.41, 5.74) is 1.14. The first kappa shape index (κ1) is 12.4. The lowest BCUT2D eigenvalue weighted by Crippen LogP contribution is -1.96. The Morgan fingerprint density at radius 3 is 2.33 bits per heavy atom. The highest BCUT2D eigenvalue weighted by atomic mass is 35.5. The van der Waals surface area contributed by atoms with Gasteiger partial charge in [0.25, 0.3) is 0 Å². The minimum Gasteiger partial charge on any atom is -0.103 e. The van der Waals surface area contributed by atoms with E-state index in [0.29, 0.717) is 16.0 Å². The Bertz CT molecular complexity index is 365. The molecule has 1 aromatic carbocycles. The Hall–Kier alpha value is -0.640. The normalized spacial score (nSPS) is 11.7. The molecular formula is C13H14Cl2. The lowest BCUT2D eigenvalue weighted by atomic mass is 10.0. The second kappa shape index (κ2) is 6.05. The van der Waals surface area contributed by atoms with Gasteiger partial charge >= 0.3 is 0 Å². The van der Waals surface area contributed by atoms with Gasteiger partial charge in [0.2, 0.25) is 0 Å². The summed E-state index contributed by atoms with van der Waals surface area (Å²) in [7, 11) is 0. The molecule has 80 valence electrons. The number of rotatable bonds is 2. The van der Waals surface area contributed by atoms with E-state index >= 15 is 0 Å². The molecule has 0 aliphatic heterocycles. The Labute approximate surface area is 102 Å². The SMILES string of the molecule is CCC#CC(C)Cc1cc(Cl)cc(Cl)c1. The van der Waals surface area contributed by atoms with Crippen molar-refractivity contribution in [1.29, 1.82) is 0 Å². The smallest absolute Gasteiger partial charge is 0.0423 e. The molecular weight excluding hydrogens is 227 g/mol. The molecule has 0 aliphatic carbocycles. The maximum atomic E-state index is 5.92. The molecule has 0 aromatic heterocycles. The lowest BCUT2D eigenvalue weighted by Gasteiger charge is -2.05. The third-order valence-electron chi connectivity index (χ3n) is 1.99. The van der Waals surface area contributed by atoms with Crippen molar-refractivity contribution in [2.75, 3.05) is 0 Å². The summed E-state index contributed by atoms with van der Waals surface area (Å²) in [5.74, 6) is 6.61. The third-order valence-corrected chi connectivity index (χ3v) is 2.43. The van der Waals surface area contributed by atoms with Crippen LogP contribution >= 0.6 is 23.2 Å². The fourth-order valence-electron chi connectivity index (χ4n) is 1.41. The zero-order valence-electron chi connectivity index (χ0n) is 8.98. The first-order valence-electron chi connectivity index (χ1n) is 5.05. The van der Waals surface area contributed by atoms with Gasteiger partial charge in [0.15, 0.2) is 0 Å². The van der Waals surface area contributed by atoms with Gasteiger partial charge in [0.05, 0.1) is 0 Å². The molecule has 0 bridgehead atoms.